The van der Waals surface area contributed by atoms with E-state index in [1.54, 1.807) is 19.0 Å². The van der Waals surface area contributed by atoms with Crippen LogP contribution in [0.15, 0.2) is 24.4 Å². The molecule has 0 aliphatic carbocycles. The van der Waals surface area contributed by atoms with Crippen molar-refractivity contribution in [2.75, 3.05) is 36.7 Å². The molecule has 9 heteroatoms. The van der Waals surface area contributed by atoms with Crippen molar-refractivity contribution in [2.24, 2.45) is 0 Å². The molecule has 1 aromatic carbocycles. The number of methoxy groups -OCH3 is 1. The summed E-state index contributed by atoms with van der Waals surface area (Å²) in [5, 5.41) is 4.56. The number of para-hydroxylation sites is 1. The van der Waals surface area contributed by atoms with E-state index < -0.39 is 23.4 Å². The average molecular weight is 323 g/mol. The molecular formula is C14H15F2N5O2. The van der Waals surface area contributed by atoms with Crippen molar-refractivity contribution >= 4 is 23.2 Å². The van der Waals surface area contributed by atoms with Gasteiger partial charge in [0, 0.05) is 14.1 Å². The van der Waals surface area contributed by atoms with Gasteiger partial charge in [-0.05, 0) is 12.1 Å². The summed E-state index contributed by atoms with van der Waals surface area (Å²) in [6.07, 6.45) is 1.33. The van der Waals surface area contributed by atoms with Crippen LogP contribution in [0.25, 0.3) is 0 Å². The summed E-state index contributed by atoms with van der Waals surface area (Å²) in [6, 6.07) is 2.58. The zero-order valence-corrected chi connectivity index (χ0v) is 12.7. The third-order valence-corrected chi connectivity index (χ3v) is 2.80. The third-order valence-electron chi connectivity index (χ3n) is 2.80. The van der Waals surface area contributed by atoms with E-state index in [1.807, 2.05) is 0 Å². The lowest BCUT2D eigenvalue weighted by Gasteiger charge is -2.17. The van der Waals surface area contributed by atoms with Gasteiger partial charge in [0.15, 0.2) is 5.82 Å². The third kappa shape index (κ3) is 3.82. The smallest absolute Gasteiger partial charge is 0.323 e. The lowest BCUT2D eigenvalue weighted by Crippen LogP contribution is -2.23. The van der Waals surface area contributed by atoms with Gasteiger partial charge in [0.2, 0.25) is 0 Å². The molecule has 0 unspecified atom stereocenters. The van der Waals surface area contributed by atoms with Crippen LogP contribution in [-0.2, 0) is 0 Å². The highest BCUT2D eigenvalue weighted by atomic mass is 19.1. The predicted molar refractivity (Wildman–Crippen MR) is 81.9 cm³/mol. The number of nitrogens with zero attached hydrogens (tertiary/aromatic N) is 3. The van der Waals surface area contributed by atoms with Crippen LogP contribution in [-0.4, -0.2) is 37.2 Å². The minimum Gasteiger partial charge on any atom is -0.467 e. The van der Waals surface area contributed by atoms with Gasteiger partial charge >= 0.3 is 12.0 Å². The number of rotatable bonds is 4. The van der Waals surface area contributed by atoms with Crippen molar-refractivity contribution in [1.82, 2.24) is 9.97 Å². The van der Waals surface area contributed by atoms with Gasteiger partial charge in [-0.15, -0.1) is 0 Å². The lowest BCUT2D eigenvalue weighted by atomic mass is 10.3. The predicted octanol–water partition coefficient (Wildman–Crippen LogP) is 2.47. The molecule has 122 valence electrons. The van der Waals surface area contributed by atoms with Crippen LogP contribution in [0.1, 0.15) is 0 Å². The molecule has 1 heterocycles. The molecule has 0 atom stereocenters. The van der Waals surface area contributed by atoms with E-state index in [4.69, 9.17) is 4.74 Å². The minimum atomic E-state index is -0.876. The van der Waals surface area contributed by atoms with Gasteiger partial charge in [-0.3, -0.25) is 0 Å². The molecule has 2 N–H and O–H groups in total. The van der Waals surface area contributed by atoms with E-state index in [1.165, 1.54) is 19.4 Å². The van der Waals surface area contributed by atoms with Crippen molar-refractivity contribution in [1.29, 1.82) is 0 Å². The second-order valence-corrected chi connectivity index (χ2v) is 4.66. The Hall–Kier alpha value is -2.97. The summed E-state index contributed by atoms with van der Waals surface area (Å²) >= 11 is 0. The van der Waals surface area contributed by atoms with Gasteiger partial charge in [0.25, 0.3) is 0 Å². The molecule has 2 amide bonds. The number of benzene rings is 1. The number of hydrogen-bond acceptors (Lipinski definition) is 5. The first-order valence-electron chi connectivity index (χ1n) is 6.52. The number of amides is 2. The number of ether oxygens (including phenoxy) is 1. The highest BCUT2D eigenvalue weighted by Crippen LogP contribution is 2.24. The van der Waals surface area contributed by atoms with E-state index >= 15 is 0 Å². The Bertz CT molecular complexity index is 704. The molecule has 0 saturated carbocycles. The molecule has 2 aromatic rings. The SMILES string of the molecule is COc1ncc(NC(=O)Nc2c(F)cccc2F)c(N(C)C)n1. The minimum absolute atomic E-state index is 0.125. The summed E-state index contributed by atoms with van der Waals surface area (Å²) in [6.45, 7) is 0. The first-order valence-corrected chi connectivity index (χ1v) is 6.52. The number of halogens is 2. The summed E-state index contributed by atoms with van der Waals surface area (Å²) in [5.41, 5.74) is -0.282. The quantitative estimate of drug-likeness (QED) is 0.903. The molecule has 0 aliphatic rings. The first kappa shape index (κ1) is 16.4. The van der Waals surface area contributed by atoms with Gasteiger partial charge < -0.3 is 20.3 Å². The van der Waals surface area contributed by atoms with E-state index in [-0.39, 0.29) is 11.7 Å². The second-order valence-electron chi connectivity index (χ2n) is 4.66. The fourth-order valence-electron chi connectivity index (χ4n) is 1.77. The van der Waals surface area contributed by atoms with E-state index in [0.29, 0.717) is 5.82 Å². The Morgan fingerprint density at radius 1 is 1.22 bits per heavy atom. The van der Waals surface area contributed by atoms with Crippen LogP contribution in [0.3, 0.4) is 0 Å². The number of nitrogens with one attached hydrogen (secondary N) is 2. The van der Waals surface area contributed by atoms with Gasteiger partial charge in [0.1, 0.15) is 23.0 Å². The number of urea groups is 1. The van der Waals surface area contributed by atoms with Crippen LogP contribution in [0.2, 0.25) is 0 Å². The Morgan fingerprint density at radius 2 is 1.87 bits per heavy atom. The van der Waals surface area contributed by atoms with Gasteiger partial charge in [-0.25, -0.2) is 18.6 Å². The van der Waals surface area contributed by atoms with Crippen molar-refractivity contribution in [3.05, 3.63) is 36.0 Å². The summed E-state index contributed by atoms with van der Waals surface area (Å²) in [5.74, 6) is -1.38. The van der Waals surface area contributed by atoms with Crippen molar-refractivity contribution < 1.29 is 18.3 Å². The fraction of sp³-hybridized carbons (Fsp3) is 0.214. The zero-order valence-electron chi connectivity index (χ0n) is 12.7. The Kier molecular flexibility index (Phi) is 4.89. The van der Waals surface area contributed by atoms with E-state index in [0.717, 1.165) is 12.1 Å². The maximum atomic E-state index is 13.5. The molecular weight excluding hydrogens is 308 g/mol. The van der Waals surface area contributed by atoms with Crippen molar-refractivity contribution in [3.8, 4) is 6.01 Å². The van der Waals surface area contributed by atoms with Gasteiger partial charge in [-0.1, -0.05) is 6.07 Å². The van der Waals surface area contributed by atoms with Gasteiger partial charge in [-0.2, -0.15) is 4.98 Å². The number of hydrogen-bond donors (Lipinski definition) is 2. The molecule has 0 bridgehead atoms. The Balaban J connectivity index is 2.20. The summed E-state index contributed by atoms with van der Waals surface area (Å²) < 4.78 is 32.0. The maximum Gasteiger partial charge on any atom is 0.323 e. The van der Waals surface area contributed by atoms with Crippen LogP contribution < -0.4 is 20.3 Å². The first-order chi connectivity index (χ1) is 10.9. The standard InChI is InChI=1S/C14H15F2N5O2/c1-21(2)12-10(7-17-14(20-12)23-3)18-13(22)19-11-8(15)5-4-6-9(11)16/h4-7H,1-3H3,(H2,18,19,22). The van der Waals surface area contributed by atoms with E-state index in [9.17, 15) is 13.6 Å². The summed E-state index contributed by atoms with van der Waals surface area (Å²) in [7, 11) is 4.83. The molecule has 1 aromatic heterocycles. The zero-order chi connectivity index (χ0) is 17.0. The highest BCUT2D eigenvalue weighted by Gasteiger charge is 2.15. The van der Waals surface area contributed by atoms with Crippen molar-refractivity contribution in [2.45, 2.75) is 0 Å². The number of carbonyl (C=O) groups is 1. The average Bonchev–Trinajstić information content (AvgIpc) is 2.51. The molecule has 0 aliphatic heterocycles. The molecule has 0 saturated heterocycles. The topological polar surface area (TPSA) is 79.4 Å². The number of aromatic nitrogens is 2. The fourth-order valence-corrected chi connectivity index (χ4v) is 1.77. The molecule has 7 nitrogen and oxygen atoms in total. The van der Waals surface area contributed by atoms with Crippen LogP contribution >= 0.6 is 0 Å². The normalized spacial score (nSPS) is 10.1. The van der Waals surface area contributed by atoms with Crippen LogP contribution in [0, 0.1) is 11.6 Å². The Labute approximate surface area is 131 Å². The molecule has 0 fully saturated rings. The lowest BCUT2D eigenvalue weighted by molar-refractivity contribution is 0.262. The van der Waals surface area contributed by atoms with Crippen LogP contribution in [0.4, 0.5) is 30.8 Å². The molecule has 23 heavy (non-hydrogen) atoms. The maximum absolute atomic E-state index is 13.5. The van der Waals surface area contributed by atoms with Gasteiger partial charge in [0.05, 0.1) is 13.3 Å². The molecule has 2 rings (SSSR count). The highest BCUT2D eigenvalue weighted by molar-refractivity contribution is 6.01. The monoisotopic (exact) mass is 323 g/mol. The van der Waals surface area contributed by atoms with E-state index in [2.05, 4.69) is 20.6 Å². The Morgan fingerprint density at radius 3 is 2.43 bits per heavy atom. The number of carbonyl (C=O) groups excluding carboxylic acids is 1. The second kappa shape index (κ2) is 6.86. The molecule has 0 radical (unpaired) electrons. The van der Waals surface area contributed by atoms with Crippen molar-refractivity contribution in [3.63, 3.8) is 0 Å². The number of anilines is 3. The largest absolute Gasteiger partial charge is 0.467 e. The van der Waals surface area contributed by atoms with Crippen LogP contribution in [0.5, 0.6) is 6.01 Å². The summed E-state index contributed by atoms with van der Waals surface area (Å²) in [4.78, 5) is 21.6. The molecule has 0 spiro atoms.